The van der Waals surface area contributed by atoms with Crippen LogP contribution in [0, 0.1) is 0 Å². The highest BCUT2D eigenvalue weighted by atomic mass is 31.2. The lowest BCUT2D eigenvalue weighted by atomic mass is 9.85. The standard InChI is InChI=1S/C20H25O7P/c1-4-26-19(21)20(22,15-16-11-7-5-8-12-16)18(17-13-9-6-10-14-17)27-28(23,24-2)25-3/h5-14,18,22H,4,15H2,1-3H3/t18-,20+/m1/s1. The molecule has 0 unspecified atom stereocenters. The molecule has 0 aromatic heterocycles. The van der Waals surface area contributed by atoms with Gasteiger partial charge in [0.05, 0.1) is 6.61 Å². The van der Waals surface area contributed by atoms with Crippen LogP contribution >= 0.6 is 7.82 Å². The van der Waals surface area contributed by atoms with E-state index in [9.17, 15) is 14.5 Å². The minimum Gasteiger partial charge on any atom is -0.464 e. The Morgan fingerprint density at radius 1 is 1.04 bits per heavy atom. The van der Waals surface area contributed by atoms with E-state index in [1.165, 1.54) is 0 Å². The Hall–Kier alpha value is -2.02. The molecule has 8 heteroatoms. The van der Waals surface area contributed by atoms with E-state index in [0.717, 1.165) is 14.2 Å². The first-order valence-electron chi connectivity index (χ1n) is 8.77. The van der Waals surface area contributed by atoms with Gasteiger partial charge in [-0.05, 0) is 18.1 Å². The van der Waals surface area contributed by atoms with E-state index in [2.05, 4.69) is 0 Å². The first kappa shape index (κ1) is 22.3. The summed E-state index contributed by atoms with van der Waals surface area (Å²) in [7, 11) is -1.71. The van der Waals surface area contributed by atoms with Gasteiger partial charge < -0.3 is 9.84 Å². The van der Waals surface area contributed by atoms with Crippen molar-refractivity contribution < 1.29 is 32.8 Å². The number of esters is 1. The van der Waals surface area contributed by atoms with Crippen LogP contribution < -0.4 is 0 Å². The van der Waals surface area contributed by atoms with Crippen molar-refractivity contribution >= 4 is 13.8 Å². The minimum absolute atomic E-state index is 0.0592. The molecule has 2 aromatic carbocycles. The van der Waals surface area contributed by atoms with Crippen molar-refractivity contribution in [1.29, 1.82) is 0 Å². The van der Waals surface area contributed by atoms with Crippen molar-refractivity contribution in [3.05, 3.63) is 71.8 Å². The molecule has 0 aliphatic rings. The predicted octanol–water partition coefficient (Wildman–Crippen LogP) is 3.68. The minimum atomic E-state index is -4.03. The Morgan fingerprint density at radius 3 is 2.07 bits per heavy atom. The van der Waals surface area contributed by atoms with Gasteiger partial charge in [-0.3, -0.25) is 13.6 Å². The summed E-state index contributed by atoms with van der Waals surface area (Å²) in [5.41, 5.74) is -1.08. The number of hydrogen-bond acceptors (Lipinski definition) is 7. The molecule has 2 atom stereocenters. The van der Waals surface area contributed by atoms with Crippen LogP contribution in [0.3, 0.4) is 0 Å². The van der Waals surface area contributed by atoms with Crippen LogP contribution in [0.25, 0.3) is 0 Å². The number of hydrogen-bond donors (Lipinski definition) is 1. The molecule has 2 aromatic rings. The van der Waals surface area contributed by atoms with E-state index in [-0.39, 0.29) is 13.0 Å². The lowest BCUT2D eigenvalue weighted by molar-refractivity contribution is -0.177. The number of phosphoric ester groups is 1. The molecule has 1 N–H and O–H groups in total. The van der Waals surface area contributed by atoms with E-state index in [1.54, 1.807) is 61.5 Å². The molecule has 2 rings (SSSR count). The summed E-state index contributed by atoms with van der Waals surface area (Å²) in [4.78, 5) is 12.8. The Morgan fingerprint density at radius 2 is 1.57 bits per heavy atom. The summed E-state index contributed by atoms with van der Waals surface area (Å²) in [5, 5.41) is 11.5. The highest BCUT2D eigenvalue weighted by molar-refractivity contribution is 7.48. The molecule has 0 radical (unpaired) electrons. The van der Waals surface area contributed by atoms with Gasteiger partial charge in [0, 0.05) is 20.6 Å². The maximum absolute atomic E-state index is 12.8. The molecule has 0 heterocycles. The molecular weight excluding hydrogens is 383 g/mol. The normalized spacial score (nSPS) is 14.9. The fourth-order valence-electron chi connectivity index (χ4n) is 2.78. The van der Waals surface area contributed by atoms with Gasteiger partial charge in [-0.1, -0.05) is 60.7 Å². The number of ether oxygens (including phenoxy) is 1. The maximum atomic E-state index is 12.8. The monoisotopic (exact) mass is 408 g/mol. The van der Waals surface area contributed by atoms with Crippen LogP contribution in [0.5, 0.6) is 0 Å². The highest BCUT2D eigenvalue weighted by Gasteiger charge is 2.50. The fourth-order valence-corrected chi connectivity index (χ4v) is 3.65. The van der Waals surface area contributed by atoms with E-state index >= 15 is 0 Å². The van der Waals surface area contributed by atoms with Crippen molar-refractivity contribution in [2.24, 2.45) is 0 Å². The van der Waals surface area contributed by atoms with Gasteiger partial charge in [0.2, 0.25) is 0 Å². The number of carbonyl (C=O) groups excluding carboxylic acids is 1. The van der Waals surface area contributed by atoms with Crippen molar-refractivity contribution in [2.45, 2.75) is 25.0 Å². The van der Waals surface area contributed by atoms with Gasteiger partial charge in [0.25, 0.3) is 0 Å². The zero-order valence-electron chi connectivity index (χ0n) is 16.1. The van der Waals surface area contributed by atoms with Crippen LogP contribution in [-0.2, 0) is 34.1 Å². The molecule has 0 saturated heterocycles. The third-order valence-electron chi connectivity index (χ3n) is 4.16. The summed E-state index contributed by atoms with van der Waals surface area (Å²) in [6, 6.07) is 17.4. The highest BCUT2D eigenvalue weighted by Crippen LogP contribution is 2.54. The van der Waals surface area contributed by atoms with Gasteiger partial charge in [0.1, 0.15) is 6.10 Å². The second kappa shape index (κ2) is 9.96. The molecule has 28 heavy (non-hydrogen) atoms. The van der Waals surface area contributed by atoms with Gasteiger partial charge in [-0.25, -0.2) is 9.36 Å². The number of aliphatic hydroxyl groups is 1. The number of benzene rings is 2. The second-order valence-corrected chi connectivity index (χ2v) is 7.85. The zero-order valence-corrected chi connectivity index (χ0v) is 17.0. The average molecular weight is 408 g/mol. The molecule has 0 fully saturated rings. The maximum Gasteiger partial charge on any atom is 0.474 e. The van der Waals surface area contributed by atoms with Crippen molar-refractivity contribution in [1.82, 2.24) is 0 Å². The summed E-state index contributed by atoms with van der Waals surface area (Å²) in [5.74, 6) is -0.897. The first-order valence-corrected chi connectivity index (χ1v) is 10.2. The number of phosphoric acid groups is 1. The SMILES string of the molecule is CCOC(=O)[C@](O)(Cc1ccccc1)[C@H](OP(=O)(OC)OC)c1ccccc1. The van der Waals surface area contributed by atoms with Crippen LogP contribution in [0.2, 0.25) is 0 Å². The molecule has 0 saturated carbocycles. The zero-order chi connectivity index (χ0) is 20.6. The van der Waals surface area contributed by atoms with Crippen LogP contribution in [0.4, 0.5) is 0 Å². The van der Waals surface area contributed by atoms with Crippen molar-refractivity contribution in [3.63, 3.8) is 0 Å². The van der Waals surface area contributed by atoms with Gasteiger partial charge in [-0.2, -0.15) is 0 Å². The van der Waals surface area contributed by atoms with Crippen LogP contribution in [0.15, 0.2) is 60.7 Å². The van der Waals surface area contributed by atoms with E-state index in [1.807, 2.05) is 6.07 Å². The molecule has 0 aliphatic heterocycles. The Kier molecular flexibility index (Phi) is 7.92. The predicted molar refractivity (Wildman–Crippen MR) is 104 cm³/mol. The molecule has 0 aliphatic carbocycles. The lowest BCUT2D eigenvalue weighted by Crippen LogP contribution is -2.48. The van der Waals surface area contributed by atoms with Crippen LogP contribution in [-0.4, -0.2) is 37.5 Å². The molecule has 0 spiro atoms. The molecule has 0 amide bonds. The van der Waals surface area contributed by atoms with Gasteiger partial charge in [-0.15, -0.1) is 0 Å². The molecule has 0 bridgehead atoms. The Bertz CT molecular complexity index is 789. The number of rotatable bonds is 10. The van der Waals surface area contributed by atoms with Crippen LogP contribution in [0.1, 0.15) is 24.2 Å². The Balaban J connectivity index is 2.56. The molecule has 7 nitrogen and oxygen atoms in total. The largest absolute Gasteiger partial charge is 0.474 e. The number of carbonyl (C=O) groups is 1. The topological polar surface area (TPSA) is 91.3 Å². The summed E-state index contributed by atoms with van der Waals surface area (Å²) < 4.78 is 33.1. The van der Waals surface area contributed by atoms with Crippen molar-refractivity contribution in [2.75, 3.05) is 20.8 Å². The van der Waals surface area contributed by atoms with Crippen molar-refractivity contribution in [3.8, 4) is 0 Å². The second-order valence-electron chi connectivity index (χ2n) is 6.02. The lowest BCUT2D eigenvalue weighted by Gasteiger charge is -2.35. The summed E-state index contributed by atoms with van der Waals surface area (Å²) in [6.07, 6.45) is -1.49. The average Bonchev–Trinajstić information content (AvgIpc) is 2.73. The van der Waals surface area contributed by atoms with E-state index < -0.39 is 25.5 Å². The Labute approximate surface area is 164 Å². The quantitative estimate of drug-likeness (QED) is 0.474. The summed E-state index contributed by atoms with van der Waals surface area (Å²) in [6.45, 7) is 1.69. The van der Waals surface area contributed by atoms with E-state index in [4.69, 9.17) is 18.3 Å². The third-order valence-corrected chi connectivity index (χ3v) is 5.53. The molecule has 152 valence electrons. The first-order chi connectivity index (χ1) is 13.4. The smallest absolute Gasteiger partial charge is 0.464 e. The van der Waals surface area contributed by atoms with Gasteiger partial charge in [0.15, 0.2) is 5.60 Å². The summed E-state index contributed by atoms with van der Waals surface area (Å²) >= 11 is 0. The van der Waals surface area contributed by atoms with E-state index in [0.29, 0.717) is 11.1 Å². The third kappa shape index (κ3) is 5.28. The van der Waals surface area contributed by atoms with Gasteiger partial charge >= 0.3 is 13.8 Å². The fraction of sp³-hybridized carbons (Fsp3) is 0.350. The molecular formula is C20H25O7P.